The summed E-state index contributed by atoms with van der Waals surface area (Å²) < 4.78 is 0. The van der Waals surface area contributed by atoms with Crippen molar-refractivity contribution >= 4 is 17.5 Å². The highest BCUT2D eigenvalue weighted by Crippen LogP contribution is 2.29. The third-order valence-corrected chi connectivity index (χ3v) is 4.57. The molecule has 23 heavy (non-hydrogen) atoms. The Morgan fingerprint density at radius 2 is 1.87 bits per heavy atom. The zero-order valence-corrected chi connectivity index (χ0v) is 14.5. The van der Waals surface area contributed by atoms with Crippen LogP contribution in [0.1, 0.15) is 31.5 Å². The molecule has 0 bridgehead atoms. The van der Waals surface area contributed by atoms with Crippen molar-refractivity contribution in [2.75, 3.05) is 24.5 Å². The molecule has 0 radical (unpaired) electrons. The molecule has 5 heteroatoms. The van der Waals surface area contributed by atoms with Crippen LogP contribution in [0.15, 0.2) is 24.3 Å². The van der Waals surface area contributed by atoms with Crippen LogP contribution >= 0.6 is 11.6 Å². The Morgan fingerprint density at radius 3 is 2.57 bits per heavy atom. The molecule has 0 unspecified atom stereocenters. The fourth-order valence-corrected chi connectivity index (χ4v) is 3.12. The summed E-state index contributed by atoms with van der Waals surface area (Å²) in [6, 6.07) is 7.93. The fourth-order valence-electron chi connectivity index (χ4n) is 3.00. The van der Waals surface area contributed by atoms with Crippen molar-refractivity contribution in [3.8, 4) is 11.3 Å². The van der Waals surface area contributed by atoms with Crippen molar-refractivity contribution in [3.63, 3.8) is 0 Å². The van der Waals surface area contributed by atoms with Crippen LogP contribution in [0.2, 0.25) is 5.02 Å². The van der Waals surface area contributed by atoms with Crippen molar-refractivity contribution in [1.29, 1.82) is 0 Å². The van der Waals surface area contributed by atoms with Crippen molar-refractivity contribution in [1.82, 2.24) is 15.3 Å². The predicted molar refractivity (Wildman–Crippen MR) is 96.1 cm³/mol. The van der Waals surface area contributed by atoms with Crippen molar-refractivity contribution in [2.24, 2.45) is 0 Å². The lowest BCUT2D eigenvalue weighted by molar-refractivity contribution is 0.680. The molecule has 4 nitrogen and oxygen atoms in total. The molecular formula is C18H23ClN4. The summed E-state index contributed by atoms with van der Waals surface area (Å²) in [5.41, 5.74) is 4.53. The monoisotopic (exact) mass is 330 g/mol. The zero-order valence-electron chi connectivity index (χ0n) is 13.8. The molecule has 0 fully saturated rings. The highest BCUT2D eigenvalue weighted by molar-refractivity contribution is 6.30. The molecule has 0 aliphatic carbocycles. The maximum absolute atomic E-state index is 6.04. The largest absolute Gasteiger partial charge is 0.341 e. The van der Waals surface area contributed by atoms with Gasteiger partial charge in [0, 0.05) is 35.8 Å². The van der Waals surface area contributed by atoms with Crippen LogP contribution in [0.25, 0.3) is 11.3 Å². The van der Waals surface area contributed by atoms with E-state index in [1.165, 1.54) is 11.3 Å². The van der Waals surface area contributed by atoms with E-state index in [0.717, 1.165) is 61.2 Å². The number of benzene rings is 1. The van der Waals surface area contributed by atoms with Gasteiger partial charge in [-0.15, -0.1) is 0 Å². The van der Waals surface area contributed by atoms with Gasteiger partial charge in [0.2, 0.25) is 5.95 Å². The molecule has 0 spiro atoms. The smallest absolute Gasteiger partial charge is 0.226 e. The van der Waals surface area contributed by atoms with Crippen LogP contribution in [0.3, 0.4) is 0 Å². The van der Waals surface area contributed by atoms with Gasteiger partial charge in [0.1, 0.15) is 0 Å². The van der Waals surface area contributed by atoms with E-state index < -0.39 is 0 Å². The SMILES string of the molecule is CCN(CC)c1nc2c(c(-c3ccc(Cl)cc3)n1)CNCCC2. The summed E-state index contributed by atoms with van der Waals surface area (Å²) in [4.78, 5) is 12.0. The minimum absolute atomic E-state index is 0.746. The first-order valence-electron chi connectivity index (χ1n) is 8.34. The Kier molecular flexibility index (Phi) is 5.13. The molecule has 0 saturated heterocycles. The van der Waals surface area contributed by atoms with E-state index in [9.17, 15) is 0 Å². The Bertz CT molecular complexity index is 665. The van der Waals surface area contributed by atoms with Crippen molar-refractivity contribution in [2.45, 2.75) is 33.2 Å². The summed E-state index contributed by atoms with van der Waals surface area (Å²) >= 11 is 6.04. The first-order valence-corrected chi connectivity index (χ1v) is 8.72. The Labute approximate surface area is 142 Å². The number of rotatable bonds is 4. The van der Waals surface area contributed by atoms with Crippen LogP contribution in [-0.4, -0.2) is 29.6 Å². The molecule has 1 aliphatic rings. The van der Waals surface area contributed by atoms with E-state index in [1.807, 2.05) is 24.3 Å². The topological polar surface area (TPSA) is 41.1 Å². The molecule has 1 aliphatic heterocycles. The van der Waals surface area contributed by atoms with E-state index >= 15 is 0 Å². The third kappa shape index (κ3) is 3.48. The molecule has 2 heterocycles. The van der Waals surface area contributed by atoms with Gasteiger partial charge in [-0.05, 0) is 45.4 Å². The maximum Gasteiger partial charge on any atom is 0.226 e. The highest BCUT2D eigenvalue weighted by atomic mass is 35.5. The molecule has 3 rings (SSSR count). The fraction of sp³-hybridized carbons (Fsp3) is 0.444. The predicted octanol–water partition coefficient (Wildman–Crippen LogP) is 3.68. The minimum Gasteiger partial charge on any atom is -0.341 e. The molecule has 0 atom stereocenters. The van der Waals surface area contributed by atoms with Crippen LogP contribution in [0.5, 0.6) is 0 Å². The Morgan fingerprint density at radius 1 is 1.13 bits per heavy atom. The Hall–Kier alpha value is -1.65. The van der Waals surface area contributed by atoms with Gasteiger partial charge in [-0.1, -0.05) is 23.7 Å². The number of nitrogens with one attached hydrogen (secondary N) is 1. The van der Waals surface area contributed by atoms with Crippen molar-refractivity contribution < 1.29 is 0 Å². The number of aryl methyl sites for hydroxylation is 1. The summed E-state index contributed by atoms with van der Waals surface area (Å²) in [5.74, 6) is 0.834. The molecule has 2 aromatic rings. The highest BCUT2D eigenvalue weighted by Gasteiger charge is 2.19. The van der Waals surface area contributed by atoms with Crippen LogP contribution in [0, 0.1) is 0 Å². The first-order chi connectivity index (χ1) is 11.2. The average Bonchev–Trinajstić information content (AvgIpc) is 2.81. The lowest BCUT2D eigenvalue weighted by Gasteiger charge is -2.22. The van der Waals surface area contributed by atoms with Gasteiger partial charge >= 0.3 is 0 Å². The van der Waals surface area contributed by atoms with E-state index in [1.54, 1.807) is 0 Å². The van der Waals surface area contributed by atoms with Gasteiger partial charge in [0.05, 0.1) is 11.4 Å². The number of hydrogen-bond donors (Lipinski definition) is 1. The van der Waals surface area contributed by atoms with Gasteiger partial charge in [0.15, 0.2) is 0 Å². The number of nitrogens with zero attached hydrogens (tertiary/aromatic N) is 3. The first kappa shape index (κ1) is 16.2. The second-order valence-electron chi connectivity index (χ2n) is 5.76. The van der Waals surface area contributed by atoms with Gasteiger partial charge in [-0.25, -0.2) is 9.97 Å². The van der Waals surface area contributed by atoms with Crippen LogP contribution < -0.4 is 10.2 Å². The maximum atomic E-state index is 6.04. The number of anilines is 1. The van der Waals surface area contributed by atoms with Crippen LogP contribution in [-0.2, 0) is 13.0 Å². The normalized spacial score (nSPS) is 14.2. The standard InChI is InChI=1S/C18H23ClN4/c1-3-23(4-2)18-21-16-6-5-11-20-12-15(16)17(22-18)13-7-9-14(19)10-8-13/h7-10,20H,3-6,11-12H2,1-2H3. The van der Waals surface area contributed by atoms with Gasteiger partial charge < -0.3 is 10.2 Å². The molecule has 0 saturated carbocycles. The van der Waals surface area contributed by atoms with Gasteiger partial charge in [-0.2, -0.15) is 0 Å². The van der Waals surface area contributed by atoms with Crippen LogP contribution in [0.4, 0.5) is 5.95 Å². The lowest BCUT2D eigenvalue weighted by atomic mass is 10.0. The van der Waals surface area contributed by atoms with Gasteiger partial charge in [-0.3, -0.25) is 0 Å². The van der Waals surface area contributed by atoms with Gasteiger partial charge in [0.25, 0.3) is 0 Å². The van der Waals surface area contributed by atoms with Crippen molar-refractivity contribution in [3.05, 3.63) is 40.5 Å². The molecule has 1 N–H and O–H groups in total. The zero-order chi connectivity index (χ0) is 16.2. The number of hydrogen-bond acceptors (Lipinski definition) is 4. The Balaban J connectivity index is 2.14. The number of aromatic nitrogens is 2. The molecule has 1 aromatic carbocycles. The quantitative estimate of drug-likeness (QED) is 0.928. The summed E-state index contributed by atoms with van der Waals surface area (Å²) in [7, 11) is 0. The van der Waals surface area contributed by atoms with E-state index in [2.05, 4.69) is 24.1 Å². The molecule has 1 aromatic heterocycles. The summed E-state index contributed by atoms with van der Waals surface area (Å²) in [6.45, 7) is 7.95. The minimum atomic E-state index is 0.746. The second kappa shape index (κ2) is 7.28. The molecule has 0 amide bonds. The van der Waals surface area contributed by atoms with E-state index in [-0.39, 0.29) is 0 Å². The molecule has 122 valence electrons. The lowest BCUT2D eigenvalue weighted by Crippen LogP contribution is -2.25. The number of fused-ring (bicyclic) bond motifs is 1. The molecular weight excluding hydrogens is 308 g/mol. The average molecular weight is 331 g/mol. The number of halogens is 1. The second-order valence-corrected chi connectivity index (χ2v) is 6.19. The summed E-state index contributed by atoms with van der Waals surface area (Å²) in [5, 5.41) is 4.23. The summed E-state index contributed by atoms with van der Waals surface area (Å²) in [6.07, 6.45) is 2.11. The van der Waals surface area contributed by atoms with E-state index in [4.69, 9.17) is 21.6 Å². The third-order valence-electron chi connectivity index (χ3n) is 4.31. The van der Waals surface area contributed by atoms with E-state index in [0.29, 0.717) is 0 Å².